The van der Waals surface area contributed by atoms with E-state index in [0.29, 0.717) is 13.1 Å². The number of aromatic nitrogens is 1. The highest BCUT2D eigenvalue weighted by Gasteiger charge is 2.35. The molecule has 0 spiro atoms. The van der Waals surface area contributed by atoms with Gasteiger partial charge in [-0.05, 0) is 24.1 Å². The maximum absolute atomic E-state index is 12.6. The van der Waals surface area contributed by atoms with E-state index in [2.05, 4.69) is 4.98 Å². The normalized spacial score (nSPS) is 19.1. The summed E-state index contributed by atoms with van der Waals surface area (Å²) in [6, 6.07) is 3.63. The van der Waals surface area contributed by atoms with Crippen LogP contribution in [0.3, 0.4) is 0 Å². The summed E-state index contributed by atoms with van der Waals surface area (Å²) < 4.78 is 37.7. The first-order valence-electron chi connectivity index (χ1n) is 6.12. The van der Waals surface area contributed by atoms with Crippen molar-refractivity contribution in [2.75, 3.05) is 19.6 Å². The number of nitrogens with zero attached hydrogens (tertiary/aromatic N) is 2. The predicted molar refractivity (Wildman–Crippen MR) is 66.4 cm³/mol. The van der Waals surface area contributed by atoms with Crippen LogP contribution in [0.15, 0.2) is 36.2 Å². The van der Waals surface area contributed by atoms with Crippen LogP contribution in [0.5, 0.6) is 0 Å². The van der Waals surface area contributed by atoms with Crippen molar-refractivity contribution in [1.29, 1.82) is 0 Å². The van der Waals surface area contributed by atoms with E-state index in [9.17, 15) is 13.2 Å². The average Bonchev–Trinajstić information content (AvgIpc) is 2.40. The lowest BCUT2D eigenvalue weighted by molar-refractivity contribution is -0.0964. The van der Waals surface area contributed by atoms with Gasteiger partial charge in [-0.25, -0.2) is 0 Å². The standard InChI is InChI=1S/C13H16F3N3/c14-13(15,16)11-3-7-19(8-4-11)12(9-17)10-1-5-18-6-2-10/h1-3,5-6,12H,4,7-9,17H2. The first-order chi connectivity index (χ1) is 9.02. The van der Waals surface area contributed by atoms with Gasteiger partial charge in [-0.3, -0.25) is 9.88 Å². The van der Waals surface area contributed by atoms with Crippen molar-refractivity contribution in [3.8, 4) is 0 Å². The summed E-state index contributed by atoms with van der Waals surface area (Å²) in [5.41, 5.74) is 6.30. The highest BCUT2D eigenvalue weighted by Crippen LogP contribution is 2.32. The number of halogens is 3. The number of pyridine rings is 1. The number of alkyl halides is 3. The number of nitrogens with two attached hydrogens (primary N) is 1. The molecule has 1 aliphatic heterocycles. The van der Waals surface area contributed by atoms with E-state index in [1.54, 1.807) is 12.4 Å². The van der Waals surface area contributed by atoms with Crippen molar-refractivity contribution in [2.24, 2.45) is 5.73 Å². The van der Waals surface area contributed by atoms with Crippen LogP contribution in [0, 0.1) is 0 Å². The molecule has 1 unspecified atom stereocenters. The maximum atomic E-state index is 12.6. The summed E-state index contributed by atoms with van der Waals surface area (Å²) >= 11 is 0. The Hall–Kier alpha value is -1.40. The molecule has 1 atom stereocenters. The van der Waals surface area contributed by atoms with Gasteiger partial charge in [-0.15, -0.1) is 0 Å². The van der Waals surface area contributed by atoms with Crippen LogP contribution in [-0.2, 0) is 0 Å². The van der Waals surface area contributed by atoms with Gasteiger partial charge in [0.2, 0.25) is 0 Å². The van der Waals surface area contributed by atoms with Crippen LogP contribution in [0.25, 0.3) is 0 Å². The zero-order valence-electron chi connectivity index (χ0n) is 10.4. The average molecular weight is 271 g/mol. The van der Waals surface area contributed by atoms with Gasteiger partial charge in [0.25, 0.3) is 0 Å². The third-order valence-corrected chi connectivity index (χ3v) is 3.36. The molecule has 104 valence electrons. The predicted octanol–water partition coefficient (Wildman–Crippen LogP) is 2.28. The molecule has 19 heavy (non-hydrogen) atoms. The molecule has 1 aromatic rings. The van der Waals surface area contributed by atoms with Crippen LogP contribution >= 0.6 is 0 Å². The molecule has 0 bridgehead atoms. The van der Waals surface area contributed by atoms with Crippen molar-refractivity contribution in [3.63, 3.8) is 0 Å². The molecule has 0 aromatic carbocycles. The number of rotatable bonds is 3. The van der Waals surface area contributed by atoms with Crippen LogP contribution in [0.4, 0.5) is 13.2 Å². The molecule has 0 fully saturated rings. The summed E-state index contributed by atoms with van der Waals surface area (Å²) in [7, 11) is 0. The Balaban J connectivity index is 2.10. The largest absolute Gasteiger partial charge is 0.412 e. The van der Waals surface area contributed by atoms with Crippen LogP contribution < -0.4 is 5.73 Å². The first kappa shape index (κ1) is 14.0. The molecular weight excluding hydrogens is 255 g/mol. The van der Waals surface area contributed by atoms with Gasteiger partial charge in [-0.2, -0.15) is 13.2 Å². The molecule has 0 radical (unpaired) electrons. The van der Waals surface area contributed by atoms with E-state index < -0.39 is 11.7 Å². The molecule has 3 nitrogen and oxygen atoms in total. The van der Waals surface area contributed by atoms with Gasteiger partial charge < -0.3 is 5.73 Å². The number of hydrogen-bond donors (Lipinski definition) is 1. The zero-order valence-corrected chi connectivity index (χ0v) is 10.4. The zero-order chi connectivity index (χ0) is 13.9. The monoisotopic (exact) mass is 271 g/mol. The lowest BCUT2D eigenvalue weighted by Gasteiger charge is -2.33. The molecule has 1 aromatic heterocycles. The lowest BCUT2D eigenvalue weighted by atomic mass is 10.0. The second-order valence-electron chi connectivity index (χ2n) is 4.50. The van der Waals surface area contributed by atoms with Gasteiger partial charge in [0, 0.05) is 43.6 Å². The fourth-order valence-electron chi connectivity index (χ4n) is 2.31. The Bertz CT molecular complexity index is 442. The van der Waals surface area contributed by atoms with E-state index in [0.717, 1.165) is 5.56 Å². The third-order valence-electron chi connectivity index (χ3n) is 3.36. The quantitative estimate of drug-likeness (QED) is 0.858. The van der Waals surface area contributed by atoms with Gasteiger partial charge >= 0.3 is 6.18 Å². The Kier molecular flexibility index (Phi) is 4.21. The highest BCUT2D eigenvalue weighted by molar-refractivity contribution is 5.19. The van der Waals surface area contributed by atoms with Crippen molar-refractivity contribution < 1.29 is 13.2 Å². The molecular formula is C13H16F3N3. The Morgan fingerprint density at radius 3 is 2.47 bits per heavy atom. The van der Waals surface area contributed by atoms with E-state index in [1.165, 1.54) is 6.08 Å². The van der Waals surface area contributed by atoms with Crippen molar-refractivity contribution >= 4 is 0 Å². The van der Waals surface area contributed by atoms with Crippen LogP contribution in [0.2, 0.25) is 0 Å². The summed E-state index contributed by atoms with van der Waals surface area (Å²) in [5, 5.41) is 0. The molecule has 0 aliphatic carbocycles. The van der Waals surface area contributed by atoms with Crippen molar-refractivity contribution in [3.05, 3.63) is 41.7 Å². The second-order valence-corrected chi connectivity index (χ2v) is 4.50. The third kappa shape index (κ3) is 3.33. The Labute approximate surface area is 109 Å². The van der Waals surface area contributed by atoms with Gasteiger partial charge in [-0.1, -0.05) is 6.08 Å². The van der Waals surface area contributed by atoms with Crippen molar-refractivity contribution in [2.45, 2.75) is 18.6 Å². The van der Waals surface area contributed by atoms with Gasteiger partial charge in [0.1, 0.15) is 0 Å². The molecule has 1 aliphatic rings. The van der Waals surface area contributed by atoms with Gasteiger partial charge in [0.15, 0.2) is 0 Å². The first-order valence-corrected chi connectivity index (χ1v) is 6.12. The Morgan fingerprint density at radius 2 is 2.00 bits per heavy atom. The lowest BCUT2D eigenvalue weighted by Crippen LogP contribution is -2.38. The second kappa shape index (κ2) is 5.71. The fraction of sp³-hybridized carbons (Fsp3) is 0.462. The topological polar surface area (TPSA) is 42.1 Å². The van der Waals surface area contributed by atoms with Crippen LogP contribution in [0.1, 0.15) is 18.0 Å². The van der Waals surface area contributed by atoms with E-state index >= 15 is 0 Å². The molecule has 0 saturated heterocycles. The van der Waals surface area contributed by atoms with Crippen LogP contribution in [-0.4, -0.2) is 35.7 Å². The smallest absolute Gasteiger partial charge is 0.329 e. The molecule has 6 heteroatoms. The van der Waals surface area contributed by atoms with E-state index in [4.69, 9.17) is 5.73 Å². The molecule has 0 saturated carbocycles. The minimum absolute atomic E-state index is 0.0189. The molecule has 0 amide bonds. The minimum atomic E-state index is -4.21. The molecule has 2 rings (SSSR count). The summed E-state index contributed by atoms with van der Waals surface area (Å²) in [4.78, 5) is 5.89. The van der Waals surface area contributed by atoms with Gasteiger partial charge in [0.05, 0.1) is 0 Å². The van der Waals surface area contributed by atoms with E-state index in [-0.39, 0.29) is 19.0 Å². The minimum Gasteiger partial charge on any atom is -0.329 e. The fourth-order valence-corrected chi connectivity index (χ4v) is 2.31. The molecule has 2 N–H and O–H groups in total. The Morgan fingerprint density at radius 1 is 1.32 bits per heavy atom. The molecule has 2 heterocycles. The van der Waals surface area contributed by atoms with Crippen molar-refractivity contribution in [1.82, 2.24) is 9.88 Å². The number of hydrogen-bond acceptors (Lipinski definition) is 3. The van der Waals surface area contributed by atoms with E-state index in [1.807, 2.05) is 17.0 Å². The highest BCUT2D eigenvalue weighted by atomic mass is 19.4. The summed E-state index contributed by atoms with van der Waals surface area (Å²) in [5.74, 6) is 0. The summed E-state index contributed by atoms with van der Waals surface area (Å²) in [6.45, 7) is 1.02. The maximum Gasteiger partial charge on any atom is 0.412 e. The summed E-state index contributed by atoms with van der Waals surface area (Å²) in [6.07, 6.45) is 0.400. The SMILES string of the molecule is NCC(c1ccncc1)N1CC=C(C(F)(F)F)CC1.